The molecule has 2 saturated heterocycles. The van der Waals surface area contributed by atoms with E-state index < -0.39 is 11.2 Å². The van der Waals surface area contributed by atoms with E-state index in [1.807, 2.05) is 20.8 Å². The standard InChI is InChI=1S/C16H30N2O4/c1-15(2,3)22-14(19)18-8-4-5-13(11-18)17-12-16(20)6-9-21-10-7-16/h13,17,20H,4-12H2,1-3H3. The van der Waals surface area contributed by atoms with Gasteiger partial charge in [0.15, 0.2) is 0 Å². The monoisotopic (exact) mass is 314 g/mol. The minimum absolute atomic E-state index is 0.216. The van der Waals surface area contributed by atoms with Crippen molar-refractivity contribution < 1.29 is 19.4 Å². The zero-order valence-corrected chi connectivity index (χ0v) is 14.1. The molecule has 2 aliphatic heterocycles. The minimum atomic E-state index is -0.674. The molecule has 0 aromatic rings. The first-order chi connectivity index (χ1) is 10.3. The maximum atomic E-state index is 12.1. The second-order valence-electron chi connectivity index (χ2n) is 7.48. The lowest BCUT2D eigenvalue weighted by molar-refractivity contribution is -0.0636. The summed E-state index contributed by atoms with van der Waals surface area (Å²) in [5, 5.41) is 13.9. The fourth-order valence-electron chi connectivity index (χ4n) is 2.90. The molecule has 6 nitrogen and oxygen atoms in total. The van der Waals surface area contributed by atoms with Crippen LogP contribution in [0.25, 0.3) is 0 Å². The Morgan fingerprint density at radius 2 is 2.09 bits per heavy atom. The number of nitrogens with zero attached hydrogens (tertiary/aromatic N) is 1. The largest absolute Gasteiger partial charge is 0.444 e. The number of hydrogen-bond acceptors (Lipinski definition) is 5. The van der Waals surface area contributed by atoms with Gasteiger partial charge >= 0.3 is 6.09 Å². The van der Waals surface area contributed by atoms with Crippen LogP contribution in [0.15, 0.2) is 0 Å². The van der Waals surface area contributed by atoms with Crippen molar-refractivity contribution in [3.8, 4) is 0 Å². The number of rotatable bonds is 3. The van der Waals surface area contributed by atoms with Crippen LogP contribution in [0, 0.1) is 0 Å². The Labute approximate surface area is 133 Å². The first kappa shape index (κ1) is 17.5. The van der Waals surface area contributed by atoms with Crippen LogP contribution >= 0.6 is 0 Å². The molecule has 1 unspecified atom stereocenters. The summed E-state index contributed by atoms with van der Waals surface area (Å²) in [5.74, 6) is 0. The summed E-state index contributed by atoms with van der Waals surface area (Å²) in [4.78, 5) is 13.9. The normalized spacial score (nSPS) is 25.8. The predicted octanol–water partition coefficient (Wildman–Crippen LogP) is 1.52. The molecule has 0 bridgehead atoms. The third-order valence-corrected chi connectivity index (χ3v) is 4.22. The van der Waals surface area contributed by atoms with Gasteiger partial charge in [-0.2, -0.15) is 0 Å². The molecule has 0 aromatic heterocycles. The van der Waals surface area contributed by atoms with Crippen molar-refractivity contribution in [2.45, 2.75) is 63.7 Å². The van der Waals surface area contributed by atoms with Crippen LogP contribution in [0.1, 0.15) is 46.5 Å². The lowest BCUT2D eigenvalue weighted by atomic mass is 9.93. The molecular formula is C16H30N2O4. The Balaban J connectivity index is 1.79. The highest BCUT2D eigenvalue weighted by Gasteiger charge is 2.32. The van der Waals surface area contributed by atoms with Crippen LogP contribution in [0.4, 0.5) is 4.79 Å². The summed E-state index contributed by atoms with van der Waals surface area (Å²) in [6, 6.07) is 0.216. The van der Waals surface area contributed by atoms with Gasteiger partial charge in [0, 0.05) is 51.7 Å². The molecule has 2 fully saturated rings. The van der Waals surface area contributed by atoms with Gasteiger partial charge in [-0.15, -0.1) is 0 Å². The van der Waals surface area contributed by atoms with Crippen LogP contribution in [-0.4, -0.2) is 66.2 Å². The van der Waals surface area contributed by atoms with E-state index in [4.69, 9.17) is 9.47 Å². The second-order valence-corrected chi connectivity index (χ2v) is 7.48. The van der Waals surface area contributed by atoms with E-state index in [1.54, 1.807) is 4.90 Å². The molecule has 22 heavy (non-hydrogen) atoms. The van der Waals surface area contributed by atoms with Gasteiger partial charge in [-0.1, -0.05) is 0 Å². The van der Waals surface area contributed by atoms with Crippen molar-refractivity contribution in [1.82, 2.24) is 10.2 Å². The van der Waals surface area contributed by atoms with Gasteiger partial charge in [0.1, 0.15) is 5.60 Å². The van der Waals surface area contributed by atoms with E-state index in [0.29, 0.717) is 39.1 Å². The molecule has 0 aliphatic carbocycles. The average molecular weight is 314 g/mol. The van der Waals surface area contributed by atoms with Crippen molar-refractivity contribution in [1.29, 1.82) is 0 Å². The van der Waals surface area contributed by atoms with Crippen molar-refractivity contribution in [3.63, 3.8) is 0 Å². The van der Waals surface area contributed by atoms with Gasteiger partial charge in [-0.3, -0.25) is 0 Å². The number of hydrogen-bond donors (Lipinski definition) is 2. The molecule has 0 saturated carbocycles. The third kappa shape index (κ3) is 5.41. The first-order valence-electron chi connectivity index (χ1n) is 8.29. The zero-order chi connectivity index (χ0) is 16.2. The summed E-state index contributed by atoms with van der Waals surface area (Å²) >= 11 is 0. The van der Waals surface area contributed by atoms with Crippen LogP contribution in [-0.2, 0) is 9.47 Å². The first-order valence-corrected chi connectivity index (χ1v) is 8.29. The maximum Gasteiger partial charge on any atom is 0.410 e. The van der Waals surface area contributed by atoms with Crippen LogP contribution in [0.5, 0.6) is 0 Å². The van der Waals surface area contributed by atoms with E-state index in [-0.39, 0.29) is 12.1 Å². The molecule has 2 aliphatic rings. The molecule has 2 heterocycles. The Bertz CT molecular complexity index is 375. The number of ether oxygens (including phenoxy) is 2. The van der Waals surface area contributed by atoms with Gasteiger partial charge in [0.25, 0.3) is 0 Å². The number of nitrogens with one attached hydrogen (secondary N) is 1. The molecule has 1 atom stereocenters. The van der Waals surface area contributed by atoms with E-state index >= 15 is 0 Å². The van der Waals surface area contributed by atoms with Gasteiger partial charge < -0.3 is 24.8 Å². The number of carbonyl (C=O) groups is 1. The zero-order valence-electron chi connectivity index (χ0n) is 14.1. The SMILES string of the molecule is CC(C)(C)OC(=O)N1CCCC(NCC2(O)CCOCC2)C1. The highest BCUT2D eigenvalue weighted by atomic mass is 16.6. The van der Waals surface area contributed by atoms with Crippen LogP contribution in [0.3, 0.4) is 0 Å². The second kappa shape index (κ2) is 7.15. The third-order valence-electron chi connectivity index (χ3n) is 4.22. The minimum Gasteiger partial charge on any atom is -0.444 e. The number of likely N-dealkylation sites (tertiary alicyclic amines) is 1. The topological polar surface area (TPSA) is 71.0 Å². The van der Waals surface area contributed by atoms with Gasteiger partial charge in [0.05, 0.1) is 5.60 Å². The Hall–Kier alpha value is -0.850. The quantitative estimate of drug-likeness (QED) is 0.826. The van der Waals surface area contributed by atoms with Crippen molar-refractivity contribution in [3.05, 3.63) is 0 Å². The average Bonchev–Trinajstić information content (AvgIpc) is 2.45. The van der Waals surface area contributed by atoms with E-state index in [9.17, 15) is 9.90 Å². The number of carbonyl (C=O) groups excluding carboxylic acids is 1. The number of amides is 1. The molecule has 0 spiro atoms. The maximum absolute atomic E-state index is 12.1. The predicted molar refractivity (Wildman–Crippen MR) is 83.8 cm³/mol. The number of piperidine rings is 1. The lowest BCUT2D eigenvalue weighted by Gasteiger charge is -2.37. The van der Waals surface area contributed by atoms with Crippen molar-refractivity contribution in [2.75, 3.05) is 32.8 Å². The lowest BCUT2D eigenvalue weighted by Crippen LogP contribution is -2.53. The summed E-state index contributed by atoms with van der Waals surface area (Å²) in [5.41, 5.74) is -1.14. The highest BCUT2D eigenvalue weighted by molar-refractivity contribution is 5.68. The van der Waals surface area contributed by atoms with Gasteiger partial charge in [-0.05, 0) is 33.6 Å². The Morgan fingerprint density at radius 3 is 2.73 bits per heavy atom. The van der Waals surface area contributed by atoms with Crippen molar-refractivity contribution >= 4 is 6.09 Å². The Morgan fingerprint density at radius 1 is 1.41 bits per heavy atom. The molecule has 128 valence electrons. The molecular weight excluding hydrogens is 284 g/mol. The summed E-state index contributed by atoms with van der Waals surface area (Å²) in [6.45, 7) is 8.82. The summed E-state index contributed by atoms with van der Waals surface area (Å²) < 4.78 is 10.7. The fourth-order valence-corrected chi connectivity index (χ4v) is 2.90. The number of aliphatic hydroxyl groups is 1. The van der Waals surface area contributed by atoms with Crippen LogP contribution in [0.2, 0.25) is 0 Å². The Kier molecular flexibility index (Phi) is 5.69. The highest BCUT2D eigenvalue weighted by Crippen LogP contribution is 2.21. The molecule has 2 rings (SSSR count). The summed E-state index contributed by atoms with van der Waals surface area (Å²) in [6.07, 6.45) is 3.07. The molecule has 6 heteroatoms. The molecule has 0 aromatic carbocycles. The van der Waals surface area contributed by atoms with Gasteiger partial charge in [-0.25, -0.2) is 4.79 Å². The van der Waals surface area contributed by atoms with Crippen LogP contribution < -0.4 is 5.32 Å². The summed E-state index contributed by atoms with van der Waals surface area (Å²) in [7, 11) is 0. The molecule has 2 N–H and O–H groups in total. The van der Waals surface area contributed by atoms with Crippen molar-refractivity contribution in [2.24, 2.45) is 0 Å². The molecule has 1 amide bonds. The fraction of sp³-hybridized carbons (Fsp3) is 0.938. The van der Waals surface area contributed by atoms with Gasteiger partial charge in [0.2, 0.25) is 0 Å². The van der Waals surface area contributed by atoms with E-state index in [1.165, 1.54) is 0 Å². The smallest absolute Gasteiger partial charge is 0.410 e. The van der Waals surface area contributed by atoms with E-state index in [0.717, 1.165) is 19.4 Å². The van der Waals surface area contributed by atoms with E-state index in [2.05, 4.69) is 5.32 Å². The molecule has 0 radical (unpaired) electrons.